The molecule has 6 heteroatoms. The van der Waals surface area contributed by atoms with Crippen molar-refractivity contribution in [3.05, 3.63) is 16.7 Å². The number of nitrogen functional groups attached to an aromatic ring is 1. The first-order valence-electron chi connectivity index (χ1n) is 10.4. The topological polar surface area (TPSA) is 67.6 Å². The lowest BCUT2D eigenvalue weighted by atomic mass is 9.79. The number of nitrogens with one attached hydrogen (secondary N) is 1. The van der Waals surface area contributed by atoms with Crippen LogP contribution in [0.1, 0.15) is 56.4 Å². The van der Waals surface area contributed by atoms with E-state index >= 15 is 0 Å². The maximum absolute atomic E-state index is 13.1. The predicted octanol–water partition coefficient (Wildman–Crippen LogP) is 4.01. The quantitative estimate of drug-likeness (QED) is 0.750. The van der Waals surface area contributed by atoms with Gasteiger partial charge in [-0.25, -0.2) is 0 Å². The molecule has 3 heterocycles. The SMILES string of the molecule is Nc1c(Cl)cc(NC(=O)C2CCN3CCCC2C3)c2c1C1CCCCC1O2. The molecule has 1 aromatic rings. The van der Waals surface area contributed by atoms with E-state index in [9.17, 15) is 4.79 Å². The smallest absolute Gasteiger partial charge is 0.227 e. The van der Waals surface area contributed by atoms with Gasteiger partial charge in [-0.2, -0.15) is 0 Å². The fraction of sp³-hybridized carbons (Fsp3) is 0.667. The van der Waals surface area contributed by atoms with Crippen molar-refractivity contribution in [2.24, 2.45) is 11.8 Å². The molecular formula is C21H28ClN3O2. The number of rotatable bonds is 2. The first-order valence-corrected chi connectivity index (χ1v) is 10.8. The molecule has 1 saturated carbocycles. The summed E-state index contributed by atoms with van der Waals surface area (Å²) in [7, 11) is 0. The van der Waals surface area contributed by atoms with Crippen LogP contribution in [0.25, 0.3) is 0 Å². The minimum absolute atomic E-state index is 0.0807. The molecule has 27 heavy (non-hydrogen) atoms. The molecule has 1 amide bonds. The molecule has 5 nitrogen and oxygen atoms in total. The monoisotopic (exact) mass is 389 g/mol. The Labute approximate surface area is 165 Å². The first kappa shape index (κ1) is 17.6. The Bertz CT molecular complexity index is 768. The second kappa shape index (κ2) is 6.85. The summed E-state index contributed by atoms with van der Waals surface area (Å²) in [5.41, 5.74) is 8.68. The van der Waals surface area contributed by atoms with E-state index < -0.39 is 0 Å². The average Bonchev–Trinajstić information content (AvgIpc) is 3.06. The third-order valence-electron chi connectivity index (χ3n) is 7.11. The van der Waals surface area contributed by atoms with Crippen LogP contribution in [0, 0.1) is 11.8 Å². The van der Waals surface area contributed by atoms with E-state index in [1.807, 2.05) is 0 Å². The zero-order valence-electron chi connectivity index (χ0n) is 15.7. The second-order valence-corrected chi connectivity index (χ2v) is 9.10. The third kappa shape index (κ3) is 2.99. The lowest BCUT2D eigenvalue weighted by Gasteiger charge is -2.41. The van der Waals surface area contributed by atoms with Gasteiger partial charge in [-0.15, -0.1) is 0 Å². The number of nitrogens with two attached hydrogens (primary N) is 1. The summed E-state index contributed by atoms with van der Waals surface area (Å²) in [5.74, 6) is 1.74. The second-order valence-electron chi connectivity index (χ2n) is 8.70. The van der Waals surface area contributed by atoms with Gasteiger partial charge in [0.2, 0.25) is 5.91 Å². The number of ether oxygens (including phenoxy) is 1. The van der Waals surface area contributed by atoms with Gasteiger partial charge >= 0.3 is 0 Å². The van der Waals surface area contributed by atoms with Gasteiger partial charge in [-0.1, -0.05) is 18.0 Å². The molecule has 0 spiro atoms. The molecule has 2 saturated heterocycles. The summed E-state index contributed by atoms with van der Waals surface area (Å²) >= 11 is 6.44. The molecule has 5 atom stereocenters. The largest absolute Gasteiger partial charge is 0.487 e. The fourth-order valence-electron chi connectivity index (χ4n) is 5.72. The Morgan fingerprint density at radius 2 is 2.04 bits per heavy atom. The highest BCUT2D eigenvalue weighted by atomic mass is 35.5. The zero-order chi connectivity index (χ0) is 18.5. The van der Waals surface area contributed by atoms with Crippen molar-refractivity contribution >= 4 is 28.9 Å². The van der Waals surface area contributed by atoms with E-state index in [-0.39, 0.29) is 17.9 Å². The zero-order valence-corrected chi connectivity index (χ0v) is 16.4. The molecule has 5 rings (SSSR count). The summed E-state index contributed by atoms with van der Waals surface area (Å²) in [6, 6.07) is 1.78. The molecule has 1 aliphatic carbocycles. The summed E-state index contributed by atoms with van der Waals surface area (Å²) in [5, 5.41) is 3.69. The van der Waals surface area contributed by atoms with Crippen molar-refractivity contribution in [3.8, 4) is 5.75 Å². The van der Waals surface area contributed by atoms with E-state index in [0.29, 0.717) is 28.2 Å². The number of benzene rings is 1. The number of amides is 1. The van der Waals surface area contributed by atoms with Crippen LogP contribution in [0.2, 0.25) is 5.02 Å². The third-order valence-corrected chi connectivity index (χ3v) is 7.43. The summed E-state index contributed by atoms with van der Waals surface area (Å²) in [6.07, 6.45) is 7.96. The van der Waals surface area contributed by atoms with Gasteiger partial charge in [0, 0.05) is 23.9 Å². The Hall–Kier alpha value is -1.46. The first-order chi connectivity index (χ1) is 13.1. The highest BCUT2D eigenvalue weighted by molar-refractivity contribution is 6.33. The van der Waals surface area contributed by atoms with Gasteiger partial charge in [0.05, 0.1) is 16.4 Å². The number of nitrogens with zero attached hydrogens (tertiary/aromatic N) is 1. The maximum atomic E-state index is 13.1. The molecule has 3 aliphatic heterocycles. The Balaban J connectivity index is 1.42. The average molecular weight is 390 g/mol. The van der Waals surface area contributed by atoms with Gasteiger partial charge in [0.1, 0.15) is 11.9 Å². The van der Waals surface area contributed by atoms with Crippen LogP contribution in [0.5, 0.6) is 5.75 Å². The highest BCUT2D eigenvalue weighted by Crippen LogP contribution is 2.53. The van der Waals surface area contributed by atoms with Gasteiger partial charge in [0.25, 0.3) is 0 Å². The normalized spacial score (nSPS) is 34.3. The molecule has 3 N–H and O–H groups in total. The van der Waals surface area contributed by atoms with Crippen molar-refractivity contribution in [2.75, 3.05) is 30.7 Å². The maximum Gasteiger partial charge on any atom is 0.227 e. The number of halogens is 1. The van der Waals surface area contributed by atoms with Gasteiger partial charge in [-0.05, 0) is 63.6 Å². The van der Waals surface area contributed by atoms with Crippen LogP contribution >= 0.6 is 11.6 Å². The lowest BCUT2D eigenvalue weighted by molar-refractivity contribution is -0.124. The molecule has 2 bridgehead atoms. The van der Waals surface area contributed by atoms with Crippen LogP contribution in [0.4, 0.5) is 11.4 Å². The van der Waals surface area contributed by atoms with E-state index in [1.54, 1.807) is 6.07 Å². The minimum atomic E-state index is 0.0807. The van der Waals surface area contributed by atoms with Crippen LogP contribution < -0.4 is 15.8 Å². The van der Waals surface area contributed by atoms with Crippen molar-refractivity contribution in [1.82, 2.24) is 4.90 Å². The van der Waals surface area contributed by atoms with E-state index in [4.69, 9.17) is 22.1 Å². The summed E-state index contributed by atoms with van der Waals surface area (Å²) in [6.45, 7) is 3.26. The highest BCUT2D eigenvalue weighted by Gasteiger charge is 2.41. The Morgan fingerprint density at radius 1 is 1.19 bits per heavy atom. The number of carbonyl (C=O) groups excluding carboxylic acids is 1. The summed E-state index contributed by atoms with van der Waals surface area (Å²) in [4.78, 5) is 15.6. The standard InChI is InChI=1S/C21H28ClN3O2/c22-15-10-16(20-18(19(15)23)14-5-1-2-6-17(14)27-20)24-21(26)13-7-9-25-8-3-4-12(13)11-25/h10,12-14,17H,1-9,11,23H2,(H,24,26). The molecule has 0 radical (unpaired) electrons. The molecule has 4 aliphatic rings. The molecule has 3 fully saturated rings. The Kier molecular flexibility index (Phi) is 4.47. The van der Waals surface area contributed by atoms with Crippen molar-refractivity contribution in [1.29, 1.82) is 0 Å². The van der Waals surface area contributed by atoms with Crippen molar-refractivity contribution in [2.45, 2.75) is 57.0 Å². The van der Waals surface area contributed by atoms with Crippen molar-refractivity contribution < 1.29 is 9.53 Å². The van der Waals surface area contributed by atoms with Crippen molar-refractivity contribution in [3.63, 3.8) is 0 Å². The summed E-state index contributed by atoms with van der Waals surface area (Å²) < 4.78 is 6.29. The number of fused-ring (bicyclic) bond motifs is 5. The fourth-order valence-corrected chi connectivity index (χ4v) is 5.94. The molecule has 0 aromatic heterocycles. The Morgan fingerprint density at radius 3 is 2.93 bits per heavy atom. The van der Waals surface area contributed by atoms with Gasteiger partial charge in [-0.3, -0.25) is 4.79 Å². The van der Waals surface area contributed by atoms with E-state index in [1.165, 1.54) is 25.8 Å². The lowest BCUT2D eigenvalue weighted by Crippen LogP contribution is -2.48. The van der Waals surface area contributed by atoms with E-state index in [0.717, 1.165) is 50.1 Å². The van der Waals surface area contributed by atoms with Gasteiger partial charge < -0.3 is 20.7 Å². The molecule has 146 valence electrons. The van der Waals surface area contributed by atoms with E-state index in [2.05, 4.69) is 10.2 Å². The van der Waals surface area contributed by atoms with Crippen LogP contribution in [-0.2, 0) is 4.79 Å². The molecule has 5 unspecified atom stereocenters. The number of piperidine rings is 2. The minimum Gasteiger partial charge on any atom is -0.487 e. The van der Waals surface area contributed by atoms with Gasteiger partial charge in [0.15, 0.2) is 0 Å². The predicted molar refractivity (Wildman–Crippen MR) is 107 cm³/mol. The van der Waals surface area contributed by atoms with Crippen LogP contribution in [0.15, 0.2) is 6.07 Å². The molecular weight excluding hydrogens is 362 g/mol. The number of anilines is 2. The number of hydrogen-bond donors (Lipinski definition) is 2. The van der Waals surface area contributed by atoms with Crippen LogP contribution in [-0.4, -0.2) is 36.5 Å². The number of carbonyl (C=O) groups is 1. The molecule has 1 aromatic carbocycles. The number of hydrogen-bond acceptors (Lipinski definition) is 4. The van der Waals surface area contributed by atoms with Crippen LogP contribution in [0.3, 0.4) is 0 Å².